The third kappa shape index (κ3) is 6.38. The molecule has 1 rings (SSSR count). The van der Waals surface area contributed by atoms with Crippen molar-refractivity contribution < 1.29 is 8.42 Å². The lowest BCUT2D eigenvalue weighted by molar-refractivity contribution is 0.574. The molecule has 1 aromatic rings. The van der Waals surface area contributed by atoms with E-state index in [0.717, 1.165) is 30.2 Å². The third-order valence-corrected chi connectivity index (χ3v) is 6.64. The molecule has 0 fully saturated rings. The van der Waals surface area contributed by atoms with Gasteiger partial charge in [0.15, 0.2) is 0 Å². The Bertz CT molecular complexity index is 474. The maximum absolute atomic E-state index is 12.0. The van der Waals surface area contributed by atoms with Gasteiger partial charge in [0.1, 0.15) is 0 Å². The fourth-order valence-electron chi connectivity index (χ4n) is 1.58. The van der Waals surface area contributed by atoms with Crippen LogP contribution in [0.15, 0.2) is 29.2 Å². The van der Waals surface area contributed by atoms with Crippen molar-refractivity contribution in [3.05, 3.63) is 29.8 Å². The van der Waals surface area contributed by atoms with Gasteiger partial charge >= 0.3 is 0 Å². The van der Waals surface area contributed by atoms with Gasteiger partial charge in [-0.05, 0) is 31.9 Å². The van der Waals surface area contributed by atoms with Gasteiger partial charge in [0, 0.05) is 16.7 Å². The zero-order valence-electron chi connectivity index (χ0n) is 10.9. The van der Waals surface area contributed by atoms with Gasteiger partial charge in [-0.3, -0.25) is 0 Å². The molecule has 1 atom stereocenters. The van der Waals surface area contributed by atoms with Gasteiger partial charge in [-0.2, -0.15) is 0 Å². The highest BCUT2D eigenvalue weighted by Gasteiger charge is 2.12. The molecule has 0 radical (unpaired) electrons. The van der Waals surface area contributed by atoms with Gasteiger partial charge in [-0.25, -0.2) is 13.1 Å². The molecular weight excluding hydrogens is 394 g/mol. The van der Waals surface area contributed by atoms with Crippen LogP contribution in [0.3, 0.4) is 0 Å². The number of sulfonamides is 1. The van der Waals surface area contributed by atoms with E-state index in [1.165, 1.54) is 0 Å². The van der Waals surface area contributed by atoms with E-state index >= 15 is 0 Å². The van der Waals surface area contributed by atoms with E-state index in [0.29, 0.717) is 16.3 Å². The highest BCUT2D eigenvalue weighted by atomic mass is 79.9. The van der Waals surface area contributed by atoms with E-state index in [1.807, 2.05) is 6.92 Å². The predicted molar refractivity (Wildman–Crippen MR) is 86.7 cm³/mol. The van der Waals surface area contributed by atoms with Crippen LogP contribution in [0.5, 0.6) is 0 Å². The number of aryl methyl sites for hydroxylation is 1. The van der Waals surface area contributed by atoms with Crippen LogP contribution in [0.25, 0.3) is 0 Å². The molecule has 0 aliphatic carbocycles. The van der Waals surface area contributed by atoms with Crippen LogP contribution in [-0.2, 0) is 10.0 Å². The molecule has 1 N–H and O–H groups in total. The van der Waals surface area contributed by atoms with Crippen LogP contribution >= 0.6 is 31.9 Å². The standard InChI is InChI=1S/C13H19Br2NO2S/c1-11-5-7-13(8-6-11)19(17,18)16-9-3-2-4-12(15)10-14/h5-8,12,16H,2-4,9-10H2,1H3. The molecule has 0 saturated carbocycles. The highest BCUT2D eigenvalue weighted by molar-refractivity contribution is 9.12. The van der Waals surface area contributed by atoms with Crippen molar-refractivity contribution in [3.63, 3.8) is 0 Å². The second kappa shape index (κ2) is 8.39. The first kappa shape index (κ1) is 17.1. The number of hydrogen-bond acceptors (Lipinski definition) is 2. The summed E-state index contributed by atoms with van der Waals surface area (Å²) in [6.45, 7) is 2.42. The van der Waals surface area contributed by atoms with E-state index in [4.69, 9.17) is 0 Å². The highest BCUT2D eigenvalue weighted by Crippen LogP contribution is 2.13. The van der Waals surface area contributed by atoms with Gasteiger partial charge in [0.05, 0.1) is 4.90 Å². The first-order chi connectivity index (χ1) is 8.95. The van der Waals surface area contributed by atoms with Crippen molar-refractivity contribution in [3.8, 4) is 0 Å². The Balaban J connectivity index is 2.37. The molecule has 0 aromatic heterocycles. The molecule has 0 aliphatic heterocycles. The Kier molecular flexibility index (Phi) is 7.57. The molecule has 0 spiro atoms. The lowest BCUT2D eigenvalue weighted by Gasteiger charge is -2.08. The zero-order valence-corrected chi connectivity index (χ0v) is 14.9. The van der Waals surface area contributed by atoms with Crippen LogP contribution in [0.2, 0.25) is 0 Å². The SMILES string of the molecule is Cc1ccc(S(=O)(=O)NCCCCC(Br)CBr)cc1. The third-order valence-electron chi connectivity index (χ3n) is 2.73. The lowest BCUT2D eigenvalue weighted by Crippen LogP contribution is -2.24. The number of hydrogen-bond donors (Lipinski definition) is 1. The Labute approximate surface area is 132 Å². The summed E-state index contributed by atoms with van der Waals surface area (Å²) < 4.78 is 26.6. The van der Waals surface area contributed by atoms with Crippen molar-refractivity contribution in [1.82, 2.24) is 4.72 Å². The Morgan fingerprint density at radius 2 is 1.84 bits per heavy atom. The summed E-state index contributed by atoms with van der Waals surface area (Å²) in [6.07, 6.45) is 2.88. The van der Waals surface area contributed by atoms with Gasteiger partial charge in [-0.15, -0.1) is 0 Å². The average Bonchev–Trinajstić information content (AvgIpc) is 2.38. The van der Waals surface area contributed by atoms with E-state index in [2.05, 4.69) is 36.6 Å². The fourth-order valence-corrected chi connectivity index (χ4v) is 3.30. The summed E-state index contributed by atoms with van der Waals surface area (Å²) in [5, 5.41) is 0.919. The second-order valence-corrected chi connectivity index (χ2v) is 8.17. The number of halogens is 2. The van der Waals surface area contributed by atoms with Crippen LogP contribution in [-0.4, -0.2) is 25.1 Å². The van der Waals surface area contributed by atoms with Gasteiger partial charge in [0.25, 0.3) is 0 Å². The first-order valence-corrected chi connectivity index (χ1v) is 9.74. The van der Waals surface area contributed by atoms with E-state index in [-0.39, 0.29) is 0 Å². The summed E-state index contributed by atoms with van der Waals surface area (Å²) in [5.74, 6) is 0. The van der Waals surface area contributed by atoms with Crippen LogP contribution < -0.4 is 4.72 Å². The minimum atomic E-state index is -3.35. The van der Waals surface area contributed by atoms with E-state index in [1.54, 1.807) is 24.3 Å². The van der Waals surface area contributed by atoms with Crippen molar-refractivity contribution in [2.45, 2.75) is 35.9 Å². The second-order valence-electron chi connectivity index (χ2n) is 4.46. The fraction of sp³-hybridized carbons (Fsp3) is 0.538. The van der Waals surface area contributed by atoms with Crippen molar-refractivity contribution in [2.24, 2.45) is 0 Å². The molecule has 1 aromatic carbocycles. The normalized spacial score (nSPS) is 13.4. The van der Waals surface area contributed by atoms with Crippen molar-refractivity contribution >= 4 is 41.9 Å². The predicted octanol–water partition coefficient (Wildman–Crippen LogP) is 3.60. The summed E-state index contributed by atoms with van der Waals surface area (Å²) >= 11 is 6.92. The molecule has 6 heteroatoms. The molecular formula is C13H19Br2NO2S. The van der Waals surface area contributed by atoms with E-state index in [9.17, 15) is 8.42 Å². The smallest absolute Gasteiger partial charge is 0.211 e. The van der Waals surface area contributed by atoms with Crippen LogP contribution in [0, 0.1) is 6.92 Å². The maximum Gasteiger partial charge on any atom is 0.240 e. The minimum absolute atomic E-state index is 0.330. The Morgan fingerprint density at radius 3 is 2.42 bits per heavy atom. The number of benzene rings is 1. The van der Waals surface area contributed by atoms with Gasteiger partial charge in [-0.1, -0.05) is 56.0 Å². The Morgan fingerprint density at radius 1 is 1.21 bits per heavy atom. The maximum atomic E-state index is 12.0. The summed E-state index contributed by atoms with van der Waals surface area (Å²) in [5.41, 5.74) is 1.05. The summed E-state index contributed by atoms with van der Waals surface area (Å²) in [7, 11) is -3.35. The molecule has 3 nitrogen and oxygen atoms in total. The van der Waals surface area contributed by atoms with Crippen molar-refractivity contribution in [1.29, 1.82) is 0 Å². The van der Waals surface area contributed by atoms with Crippen LogP contribution in [0.1, 0.15) is 24.8 Å². The van der Waals surface area contributed by atoms with Gasteiger partial charge in [0.2, 0.25) is 10.0 Å². The first-order valence-electron chi connectivity index (χ1n) is 6.22. The zero-order chi connectivity index (χ0) is 14.3. The molecule has 0 heterocycles. The summed E-state index contributed by atoms with van der Waals surface area (Å²) in [6, 6.07) is 6.88. The molecule has 0 aliphatic rings. The number of rotatable bonds is 8. The van der Waals surface area contributed by atoms with Crippen molar-refractivity contribution in [2.75, 3.05) is 11.9 Å². The molecule has 108 valence electrons. The average molecular weight is 413 g/mol. The summed E-state index contributed by atoms with van der Waals surface area (Å²) in [4.78, 5) is 0.790. The number of nitrogens with one attached hydrogen (secondary N) is 1. The molecule has 19 heavy (non-hydrogen) atoms. The largest absolute Gasteiger partial charge is 0.240 e. The number of unbranched alkanes of at least 4 members (excludes halogenated alkanes) is 1. The quantitative estimate of drug-likeness (QED) is 0.523. The van der Waals surface area contributed by atoms with Crippen LogP contribution in [0.4, 0.5) is 0 Å². The molecule has 0 amide bonds. The molecule has 0 saturated heterocycles. The van der Waals surface area contributed by atoms with E-state index < -0.39 is 10.0 Å². The Hall–Kier alpha value is 0.0900. The molecule has 1 unspecified atom stereocenters. The lowest BCUT2D eigenvalue weighted by atomic mass is 10.2. The molecule has 0 bridgehead atoms. The number of alkyl halides is 2. The monoisotopic (exact) mass is 411 g/mol. The van der Waals surface area contributed by atoms with Gasteiger partial charge < -0.3 is 0 Å². The minimum Gasteiger partial charge on any atom is -0.211 e. The topological polar surface area (TPSA) is 46.2 Å².